The van der Waals surface area contributed by atoms with Gasteiger partial charge in [0.1, 0.15) is 0 Å². The van der Waals surface area contributed by atoms with Gasteiger partial charge < -0.3 is 0 Å². The molecule has 12 heavy (non-hydrogen) atoms. The highest BCUT2D eigenvalue weighted by molar-refractivity contribution is 8.04. The van der Waals surface area contributed by atoms with Crippen LogP contribution in [0.15, 0.2) is 11.5 Å². The monoisotopic (exact) mass is 186 g/mol. The minimum atomic E-state index is 0.432. The average Bonchev–Trinajstić information content (AvgIpc) is 2.05. The van der Waals surface area contributed by atoms with Crippen LogP contribution in [0.4, 0.5) is 0 Å². The second kappa shape index (κ2) is 5.69. The van der Waals surface area contributed by atoms with Crippen molar-refractivity contribution in [3.05, 3.63) is 11.5 Å². The van der Waals surface area contributed by atoms with Crippen LogP contribution in [0, 0.1) is 0 Å². The van der Waals surface area contributed by atoms with Crippen LogP contribution in [-0.4, -0.2) is 4.75 Å². The molecule has 0 heterocycles. The first-order valence-corrected chi connectivity index (χ1v) is 5.76. The van der Waals surface area contributed by atoms with Gasteiger partial charge in [-0.2, -0.15) is 0 Å². The zero-order chi connectivity index (χ0) is 9.61. The predicted molar refractivity (Wildman–Crippen MR) is 60.6 cm³/mol. The van der Waals surface area contributed by atoms with Gasteiger partial charge in [0.25, 0.3) is 0 Å². The van der Waals surface area contributed by atoms with Gasteiger partial charge in [0.05, 0.1) is 0 Å². The maximum Gasteiger partial charge on any atom is 0.0173 e. The van der Waals surface area contributed by atoms with Gasteiger partial charge in [-0.3, -0.25) is 0 Å². The first-order chi connectivity index (χ1) is 5.58. The molecule has 0 aliphatic heterocycles. The molecule has 0 saturated heterocycles. The lowest BCUT2D eigenvalue weighted by atomic mass is 10.0. The van der Waals surface area contributed by atoms with Crippen LogP contribution in [0.3, 0.4) is 0 Å². The third kappa shape index (κ3) is 4.20. The van der Waals surface area contributed by atoms with Gasteiger partial charge in [-0.1, -0.05) is 40.7 Å². The predicted octanol–water partition coefficient (Wildman–Crippen LogP) is 4.61. The third-order valence-electron chi connectivity index (χ3n) is 2.31. The van der Waals surface area contributed by atoms with E-state index in [9.17, 15) is 0 Å². The van der Waals surface area contributed by atoms with E-state index >= 15 is 0 Å². The van der Waals surface area contributed by atoms with E-state index in [0.717, 1.165) is 6.42 Å². The summed E-state index contributed by atoms with van der Waals surface area (Å²) in [5.41, 5.74) is 0. The summed E-state index contributed by atoms with van der Waals surface area (Å²) in [6, 6.07) is 0. The number of allylic oxidation sites excluding steroid dienone is 1. The van der Waals surface area contributed by atoms with Gasteiger partial charge in [0.15, 0.2) is 0 Å². The maximum absolute atomic E-state index is 4.05. The van der Waals surface area contributed by atoms with E-state index < -0.39 is 0 Å². The molecule has 1 heteroatoms. The molecule has 0 amide bonds. The molecule has 72 valence electrons. The van der Waals surface area contributed by atoms with Crippen molar-refractivity contribution in [2.75, 3.05) is 0 Å². The van der Waals surface area contributed by atoms with Gasteiger partial charge in [-0.15, -0.1) is 11.8 Å². The molecule has 0 aromatic heterocycles. The van der Waals surface area contributed by atoms with Crippen LogP contribution in [0.1, 0.15) is 53.4 Å². The lowest BCUT2D eigenvalue weighted by Crippen LogP contribution is -2.18. The first kappa shape index (κ1) is 12.1. The van der Waals surface area contributed by atoms with Crippen molar-refractivity contribution in [2.45, 2.75) is 58.1 Å². The smallest absolute Gasteiger partial charge is 0.0173 e. The van der Waals surface area contributed by atoms with Gasteiger partial charge >= 0.3 is 0 Å². The summed E-state index contributed by atoms with van der Waals surface area (Å²) >= 11 is 1.98. The molecule has 1 unspecified atom stereocenters. The fourth-order valence-corrected chi connectivity index (χ4v) is 2.54. The SMILES string of the molecule is C=C(CC)SC(C)(CC)CCC. The fourth-order valence-electron chi connectivity index (χ4n) is 1.25. The Balaban J connectivity index is 4.03. The van der Waals surface area contributed by atoms with E-state index in [1.807, 2.05) is 11.8 Å². The Morgan fingerprint density at radius 2 is 1.92 bits per heavy atom. The van der Waals surface area contributed by atoms with Crippen LogP contribution in [0.25, 0.3) is 0 Å². The van der Waals surface area contributed by atoms with Crippen molar-refractivity contribution >= 4 is 11.8 Å². The topological polar surface area (TPSA) is 0 Å². The van der Waals surface area contributed by atoms with Crippen LogP contribution >= 0.6 is 11.8 Å². The van der Waals surface area contributed by atoms with E-state index in [2.05, 4.69) is 34.3 Å². The van der Waals surface area contributed by atoms with E-state index in [1.54, 1.807) is 0 Å². The summed E-state index contributed by atoms with van der Waals surface area (Å²) in [5.74, 6) is 0. The molecule has 0 radical (unpaired) electrons. The minimum absolute atomic E-state index is 0.432. The molecule has 0 saturated carbocycles. The largest absolute Gasteiger partial charge is 0.125 e. The zero-order valence-electron chi connectivity index (χ0n) is 8.94. The van der Waals surface area contributed by atoms with Crippen molar-refractivity contribution in [2.24, 2.45) is 0 Å². The van der Waals surface area contributed by atoms with E-state index in [0.29, 0.717) is 4.75 Å². The molecule has 0 aliphatic rings. The van der Waals surface area contributed by atoms with E-state index in [4.69, 9.17) is 0 Å². The van der Waals surface area contributed by atoms with E-state index in [1.165, 1.54) is 24.2 Å². The average molecular weight is 186 g/mol. The molecule has 1 atom stereocenters. The van der Waals surface area contributed by atoms with Gasteiger partial charge in [-0.05, 0) is 24.2 Å². The molecule has 0 bridgehead atoms. The van der Waals surface area contributed by atoms with Gasteiger partial charge in [-0.25, -0.2) is 0 Å². The molecule has 0 spiro atoms. The number of hydrogen-bond acceptors (Lipinski definition) is 1. The summed E-state index contributed by atoms with van der Waals surface area (Å²) in [6.45, 7) is 13.1. The zero-order valence-corrected chi connectivity index (χ0v) is 9.76. The summed E-state index contributed by atoms with van der Waals surface area (Å²) in [5, 5.41) is 0. The van der Waals surface area contributed by atoms with Crippen molar-refractivity contribution in [1.82, 2.24) is 0 Å². The Bertz CT molecular complexity index is 140. The number of rotatable bonds is 6. The third-order valence-corrected chi connectivity index (χ3v) is 3.87. The summed E-state index contributed by atoms with van der Waals surface area (Å²) < 4.78 is 0.432. The Hall–Kier alpha value is 0.0900. The highest BCUT2D eigenvalue weighted by atomic mass is 32.2. The molecule has 0 fully saturated rings. The van der Waals surface area contributed by atoms with Crippen LogP contribution < -0.4 is 0 Å². The Kier molecular flexibility index (Phi) is 5.73. The molecule has 0 nitrogen and oxygen atoms in total. The van der Waals surface area contributed by atoms with Gasteiger partial charge in [0, 0.05) is 4.75 Å². The number of hydrogen-bond donors (Lipinski definition) is 0. The van der Waals surface area contributed by atoms with Crippen LogP contribution in [-0.2, 0) is 0 Å². The molecular weight excluding hydrogens is 164 g/mol. The number of thioether (sulfide) groups is 1. The van der Waals surface area contributed by atoms with Gasteiger partial charge in [0.2, 0.25) is 0 Å². The summed E-state index contributed by atoms with van der Waals surface area (Å²) in [6.07, 6.45) is 4.91. The molecule has 0 rings (SSSR count). The Labute approximate surface area is 81.8 Å². The summed E-state index contributed by atoms with van der Waals surface area (Å²) in [7, 11) is 0. The fraction of sp³-hybridized carbons (Fsp3) is 0.818. The van der Waals surface area contributed by atoms with Crippen molar-refractivity contribution in [3.63, 3.8) is 0 Å². The van der Waals surface area contributed by atoms with Crippen LogP contribution in [0.5, 0.6) is 0 Å². The molecular formula is C11H22S. The first-order valence-electron chi connectivity index (χ1n) is 4.94. The second-order valence-electron chi connectivity index (χ2n) is 3.55. The Morgan fingerprint density at radius 3 is 2.25 bits per heavy atom. The lowest BCUT2D eigenvalue weighted by molar-refractivity contribution is 0.561. The second-order valence-corrected chi connectivity index (χ2v) is 5.31. The normalized spacial score (nSPS) is 15.7. The van der Waals surface area contributed by atoms with E-state index in [-0.39, 0.29) is 0 Å². The highest BCUT2D eigenvalue weighted by Crippen LogP contribution is 2.38. The van der Waals surface area contributed by atoms with Crippen molar-refractivity contribution < 1.29 is 0 Å². The van der Waals surface area contributed by atoms with Crippen LogP contribution in [0.2, 0.25) is 0 Å². The summed E-state index contributed by atoms with van der Waals surface area (Å²) in [4.78, 5) is 1.33. The molecule has 0 aliphatic carbocycles. The highest BCUT2D eigenvalue weighted by Gasteiger charge is 2.21. The molecule has 0 aromatic rings. The minimum Gasteiger partial charge on any atom is -0.125 e. The van der Waals surface area contributed by atoms with Crippen molar-refractivity contribution in [3.8, 4) is 0 Å². The Morgan fingerprint density at radius 1 is 1.33 bits per heavy atom. The quantitative estimate of drug-likeness (QED) is 0.583. The van der Waals surface area contributed by atoms with Crippen molar-refractivity contribution in [1.29, 1.82) is 0 Å². The lowest BCUT2D eigenvalue weighted by Gasteiger charge is -2.27. The standard InChI is InChI=1S/C11H22S/c1-6-9-11(5,8-3)12-10(4)7-2/h4,6-9H2,1-3,5H3. The molecule has 0 aromatic carbocycles. The maximum atomic E-state index is 4.05. The molecule has 0 N–H and O–H groups in total.